The number of anilines is 1. The minimum absolute atomic E-state index is 0.137. The summed E-state index contributed by atoms with van der Waals surface area (Å²) in [4.78, 5) is 12.9. The van der Waals surface area contributed by atoms with Gasteiger partial charge in [0.2, 0.25) is 5.91 Å². The number of hydrogen-bond donors (Lipinski definition) is 2. The summed E-state index contributed by atoms with van der Waals surface area (Å²) in [5, 5.41) is 21.2. The molecule has 0 heterocycles. The van der Waals surface area contributed by atoms with Crippen LogP contribution >= 0.6 is 11.8 Å². The first-order chi connectivity index (χ1) is 10.6. The maximum absolute atomic E-state index is 12.0. The van der Waals surface area contributed by atoms with Crippen LogP contribution in [0.3, 0.4) is 0 Å². The maximum Gasteiger partial charge on any atom is 0.234 e. The standard InChI is InChI=1S/C17H16N2O2S/c1-12(20)15-4-2-3-5-16(15)19-17(21)11-22-14-8-6-13(10-18)7-9-14/h2-9,12,20H,11H2,1H3,(H,19,21). The third-order valence-corrected chi connectivity index (χ3v) is 4.05. The third-order valence-electron chi connectivity index (χ3n) is 3.04. The molecule has 2 aromatic carbocycles. The SMILES string of the molecule is CC(O)c1ccccc1NC(=O)CSc1ccc(C#N)cc1. The number of nitriles is 1. The molecule has 1 atom stereocenters. The van der Waals surface area contributed by atoms with Gasteiger partial charge in [-0.15, -0.1) is 11.8 Å². The lowest BCUT2D eigenvalue weighted by atomic mass is 10.1. The molecule has 0 bridgehead atoms. The minimum Gasteiger partial charge on any atom is -0.389 e. The molecule has 0 saturated heterocycles. The molecule has 0 fully saturated rings. The fraction of sp³-hybridized carbons (Fsp3) is 0.176. The van der Waals surface area contributed by atoms with Gasteiger partial charge < -0.3 is 10.4 Å². The Morgan fingerprint density at radius 3 is 2.59 bits per heavy atom. The minimum atomic E-state index is -0.636. The van der Waals surface area contributed by atoms with Gasteiger partial charge in [0.05, 0.1) is 23.5 Å². The van der Waals surface area contributed by atoms with E-state index in [-0.39, 0.29) is 11.7 Å². The Hall–Kier alpha value is -2.29. The van der Waals surface area contributed by atoms with Gasteiger partial charge >= 0.3 is 0 Å². The van der Waals surface area contributed by atoms with E-state index in [9.17, 15) is 9.90 Å². The molecule has 2 rings (SSSR count). The van der Waals surface area contributed by atoms with Crippen LogP contribution in [0.25, 0.3) is 0 Å². The van der Waals surface area contributed by atoms with Crippen molar-refractivity contribution in [1.82, 2.24) is 0 Å². The van der Waals surface area contributed by atoms with Gasteiger partial charge in [-0.05, 0) is 37.3 Å². The van der Waals surface area contributed by atoms with E-state index in [1.54, 1.807) is 31.2 Å². The van der Waals surface area contributed by atoms with Crippen LogP contribution in [-0.2, 0) is 4.79 Å². The van der Waals surface area contributed by atoms with Crippen LogP contribution in [-0.4, -0.2) is 16.8 Å². The van der Waals surface area contributed by atoms with E-state index in [0.29, 0.717) is 16.8 Å². The summed E-state index contributed by atoms with van der Waals surface area (Å²) in [7, 11) is 0. The number of para-hydroxylation sites is 1. The molecule has 0 radical (unpaired) electrons. The predicted molar refractivity (Wildman–Crippen MR) is 87.6 cm³/mol. The van der Waals surface area contributed by atoms with Crippen LogP contribution in [0.5, 0.6) is 0 Å². The molecule has 1 unspecified atom stereocenters. The molecule has 4 nitrogen and oxygen atoms in total. The van der Waals surface area contributed by atoms with Gasteiger partial charge in [0, 0.05) is 16.1 Å². The lowest BCUT2D eigenvalue weighted by Gasteiger charge is -2.12. The van der Waals surface area contributed by atoms with Gasteiger partial charge in [-0.2, -0.15) is 5.26 Å². The molecule has 0 spiro atoms. The molecule has 112 valence electrons. The summed E-state index contributed by atoms with van der Waals surface area (Å²) in [6.07, 6.45) is -0.636. The van der Waals surface area contributed by atoms with Crippen molar-refractivity contribution in [3.63, 3.8) is 0 Å². The molecule has 0 aliphatic heterocycles. The van der Waals surface area contributed by atoms with Crippen molar-refractivity contribution >= 4 is 23.4 Å². The highest BCUT2D eigenvalue weighted by Gasteiger charge is 2.10. The molecule has 1 amide bonds. The van der Waals surface area contributed by atoms with Crippen LogP contribution in [0.2, 0.25) is 0 Å². The van der Waals surface area contributed by atoms with Gasteiger partial charge in [0.1, 0.15) is 0 Å². The van der Waals surface area contributed by atoms with Crippen molar-refractivity contribution in [2.24, 2.45) is 0 Å². The van der Waals surface area contributed by atoms with E-state index < -0.39 is 6.10 Å². The van der Waals surface area contributed by atoms with Gasteiger partial charge in [0.15, 0.2) is 0 Å². The Balaban J connectivity index is 1.94. The summed E-state index contributed by atoms with van der Waals surface area (Å²) in [5.74, 6) is 0.127. The van der Waals surface area contributed by atoms with Gasteiger partial charge in [-0.1, -0.05) is 18.2 Å². The molecular weight excluding hydrogens is 296 g/mol. The van der Waals surface area contributed by atoms with Crippen LogP contribution in [0, 0.1) is 11.3 Å². The number of rotatable bonds is 5. The number of amides is 1. The number of nitrogens with zero attached hydrogens (tertiary/aromatic N) is 1. The number of aliphatic hydroxyl groups is 1. The van der Waals surface area contributed by atoms with Crippen molar-refractivity contribution in [3.05, 3.63) is 59.7 Å². The molecule has 22 heavy (non-hydrogen) atoms. The normalized spacial score (nSPS) is 11.5. The number of carbonyl (C=O) groups is 1. The largest absolute Gasteiger partial charge is 0.389 e. The Labute approximate surface area is 133 Å². The Kier molecular flexibility index (Phi) is 5.59. The van der Waals surface area contributed by atoms with Crippen LogP contribution in [0.1, 0.15) is 24.2 Å². The number of aliphatic hydroxyl groups excluding tert-OH is 1. The molecule has 0 saturated carbocycles. The van der Waals surface area contributed by atoms with Crippen LogP contribution < -0.4 is 5.32 Å². The summed E-state index contributed by atoms with van der Waals surface area (Å²) in [6.45, 7) is 1.66. The predicted octanol–water partition coefficient (Wildman–Crippen LogP) is 3.34. The smallest absolute Gasteiger partial charge is 0.234 e. The van der Waals surface area contributed by atoms with Crippen molar-refractivity contribution in [3.8, 4) is 6.07 Å². The topological polar surface area (TPSA) is 73.1 Å². The summed E-state index contributed by atoms with van der Waals surface area (Å²) in [5.41, 5.74) is 1.92. The lowest BCUT2D eigenvalue weighted by Crippen LogP contribution is -2.15. The highest BCUT2D eigenvalue weighted by molar-refractivity contribution is 8.00. The zero-order valence-corrected chi connectivity index (χ0v) is 12.9. The molecule has 5 heteroatoms. The highest BCUT2D eigenvalue weighted by atomic mass is 32.2. The third kappa shape index (κ3) is 4.35. The Morgan fingerprint density at radius 1 is 1.27 bits per heavy atom. The second-order valence-electron chi connectivity index (χ2n) is 4.74. The molecule has 0 aliphatic rings. The monoisotopic (exact) mass is 312 g/mol. The van der Waals surface area contributed by atoms with Crippen LogP contribution in [0.15, 0.2) is 53.4 Å². The molecule has 2 aromatic rings. The highest BCUT2D eigenvalue weighted by Crippen LogP contribution is 2.23. The van der Waals surface area contributed by atoms with E-state index in [1.807, 2.05) is 24.3 Å². The van der Waals surface area contributed by atoms with Crippen molar-refractivity contribution in [2.45, 2.75) is 17.9 Å². The van der Waals surface area contributed by atoms with E-state index in [1.165, 1.54) is 11.8 Å². The first-order valence-corrected chi connectivity index (χ1v) is 7.78. The number of hydrogen-bond acceptors (Lipinski definition) is 4. The van der Waals surface area contributed by atoms with E-state index in [0.717, 1.165) is 4.90 Å². The summed E-state index contributed by atoms with van der Waals surface area (Å²) < 4.78 is 0. The lowest BCUT2D eigenvalue weighted by molar-refractivity contribution is -0.113. The molecule has 0 aromatic heterocycles. The molecule has 2 N–H and O–H groups in total. The molecular formula is C17H16N2O2S. The number of benzene rings is 2. The summed E-state index contributed by atoms with van der Waals surface area (Å²) >= 11 is 1.40. The fourth-order valence-corrected chi connectivity index (χ4v) is 2.63. The Morgan fingerprint density at radius 2 is 1.95 bits per heavy atom. The maximum atomic E-state index is 12.0. The van der Waals surface area contributed by atoms with Gasteiger partial charge in [-0.3, -0.25) is 4.79 Å². The van der Waals surface area contributed by atoms with E-state index >= 15 is 0 Å². The van der Waals surface area contributed by atoms with E-state index in [4.69, 9.17) is 5.26 Å². The average molecular weight is 312 g/mol. The zero-order chi connectivity index (χ0) is 15.9. The fourth-order valence-electron chi connectivity index (χ4n) is 1.94. The van der Waals surface area contributed by atoms with Crippen molar-refractivity contribution in [1.29, 1.82) is 5.26 Å². The van der Waals surface area contributed by atoms with Gasteiger partial charge in [0.25, 0.3) is 0 Å². The second-order valence-corrected chi connectivity index (χ2v) is 5.79. The second kappa shape index (κ2) is 7.64. The summed E-state index contributed by atoms with van der Waals surface area (Å²) in [6, 6.07) is 16.3. The zero-order valence-electron chi connectivity index (χ0n) is 12.1. The first kappa shape index (κ1) is 16.1. The molecule has 0 aliphatic carbocycles. The number of nitrogens with one attached hydrogen (secondary N) is 1. The number of thioether (sulfide) groups is 1. The average Bonchev–Trinajstić information content (AvgIpc) is 2.53. The first-order valence-electron chi connectivity index (χ1n) is 6.80. The van der Waals surface area contributed by atoms with Crippen LogP contribution in [0.4, 0.5) is 5.69 Å². The van der Waals surface area contributed by atoms with Crippen molar-refractivity contribution < 1.29 is 9.90 Å². The Bertz CT molecular complexity index is 691. The van der Waals surface area contributed by atoms with Gasteiger partial charge in [-0.25, -0.2) is 0 Å². The van der Waals surface area contributed by atoms with Crippen molar-refractivity contribution in [2.75, 3.05) is 11.1 Å². The quantitative estimate of drug-likeness (QED) is 0.831. The number of carbonyl (C=O) groups excluding carboxylic acids is 1. The van der Waals surface area contributed by atoms with E-state index in [2.05, 4.69) is 11.4 Å².